The Kier molecular flexibility index (Phi) is 3.69. The molecule has 0 aliphatic carbocycles. The van der Waals surface area contributed by atoms with Crippen LogP contribution in [0.2, 0.25) is 0 Å². The fourth-order valence-corrected chi connectivity index (χ4v) is 1.94. The van der Waals surface area contributed by atoms with Gasteiger partial charge in [-0.3, -0.25) is 0 Å². The number of nitrogens with one attached hydrogen (secondary N) is 1. The van der Waals surface area contributed by atoms with Gasteiger partial charge in [0, 0.05) is 12.1 Å². The smallest absolute Gasteiger partial charge is 0.0914 e. The summed E-state index contributed by atoms with van der Waals surface area (Å²) in [4.78, 5) is 0. The molecule has 1 atom stereocenters. The Bertz CT molecular complexity index is 528. The summed E-state index contributed by atoms with van der Waals surface area (Å²) >= 11 is 0. The van der Waals surface area contributed by atoms with Gasteiger partial charge in [-0.1, -0.05) is 36.4 Å². The molecular weight excluding hydrogens is 222 g/mol. The van der Waals surface area contributed by atoms with E-state index in [9.17, 15) is 5.11 Å². The molecule has 2 rings (SSSR count). The molecule has 2 aromatic carbocycles. The SMILES string of the molecule is CC(C)(C)NCC(O)c1ccc2ccccc2c1. The van der Waals surface area contributed by atoms with Crippen LogP contribution in [0.1, 0.15) is 32.4 Å². The second-order valence-electron chi connectivity index (χ2n) is 5.75. The van der Waals surface area contributed by atoms with Crippen LogP contribution in [-0.2, 0) is 0 Å². The van der Waals surface area contributed by atoms with E-state index in [2.05, 4.69) is 50.4 Å². The van der Waals surface area contributed by atoms with E-state index in [1.165, 1.54) is 10.8 Å². The Morgan fingerprint density at radius 2 is 1.72 bits per heavy atom. The Balaban J connectivity index is 2.15. The van der Waals surface area contributed by atoms with Crippen molar-refractivity contribution >= 4 is 10.8 Å². The van der Waals surface area contributed by atoms with Crippen molar-refractivity contribution in [3.8, 4) is 0 Å². The number of aliphatic hydroxyl groups is 1. The highest BCUT2D eigenvalue weighted by atomic mass is 16.3. The van der Waals surface area contributed by atoms with Crippen molar-refractivity contribution in [2.45, 2.75) is 32.4 Å². The first kappa shape index (κ1) is 13.1. The average molecular weight is 243 g/mol. The first-order chi connectivity index (χ1) is 8.46. The predicted octanol–water partition coefficient (Wildman–Crippen LogP) is 3.26. The van der Waals surface area contributed by atoms with Gasteiger partial charge in [-0.25, -0.2) is 0 Å². The summed E-state index contributed by atoms with van der Waals surface area (Å²) in [6.45, 7) is 6.86. The predicted molar refractivity (Wildman–Crippen MR) is 76.7 cm³/mol. The van der Waals surface area contributed by atoms with E-state index < -0.39 is 6.10 Å². The summed E-state index contributed by atoms with van der Waals surface area (Å²) in [6.07, 6.45) is -0.464. The van der Waals surface area contributed by atoms with Crippen molar-refractivity contribution in [1.82, 2.24) is 5.32 Å². The molecule has 2 heteroatoms. The van der Waals surface area contributed by atoms with Crippen LogP contribution in [-0.4, -0.2) is 17.2 Å². The third-order valence-corrected chi connectivity index (χ3v) is 2.98. The molecule has 0 radical (unpaired) electrons. The van der Waals surface area contributed by atoms with Crippen molar-refractivity contribution < 1.29 is 5.11 Å². The van der Waals surface area contributed by atoms with Crippen molar-refractivity contribution in [3.05, 3.63) is 48.0 Å². The molecule has 0 aliphatic rings. The Hall–Kier alpha value is -1.38. The number of aliphatic hydroxyl groups excluding tert-OH is 1. The molecule has 2 N–H and O–H groups in total. The maximum Gasteiger partial charge on any atom is 0.0914 e. The molecule has 0 fully saturated rings. The van der Waals surface area contributed by atoms with E-state index in [4.69, 9.17) is 0 Å². The first-order valence-corrected chi connectivity index (χ1v) is 6.37. The molecule has 18 heavy (non-hydrogen) atoms. The highest BCUT2D eigenvalue weighted by Crippen LogP contribution is 2.20. The fourth-order valence-electron chi connectivity index (χ4n) is 1.94. The van der Waals surface area contributed by atoms with E-state index in [1.807, 2.05) is 18.2 Å². The van der Waals surface area contributed by atoms with Crippen LogP contribution in [0, 0.1) is 0 Å². The van der Waals surface area contributed by atoms with E-state index in [1.54, 1.807) is 0 Å². The Labute approximate surface area is 109 Å². The zero-order chi connectivity index (χ0) is 13.2. The van der Waals surface area contributed by atoms with Gasteiger partial charge in [0.1, 0.15) is 0 Å². The van der Waals surface area contributed by atoms with Crippen LogP contribution in [0.4, 0.5) is 0 Å². The summed E-state index contributed by atoms with van der Waals surface area (Å²) in [5, 5.41) is 15.9. The Morgan fingerprint density at radius 3 is 2.39 bits per heavy atom. The van der Waals surface area contributed by atoms with Gasteiger partial charge in [-0.2, -0.15) is 0 Å². The molecular formula is C16H21NO. The summed E-state index contributed by atoms with van der Waals surface area (Å²) in [5.41, 5.74) is 0.989. The second-order valence-corrected chi connectivity index (χ2v) is 5.75. The second kappa shape index (κ2) is 5.09. The summed E-state index contributed by atoms with van der Waals surface area (Å²) in [7, 11) is 0. The van der Waals surface area contributed by atoms with Gasteiger partial charge in [0.2, 0.25) is 0 Å². The van der Waals surface area contributed by atoms with Crippen molar-refractivity contribution in [3.63, 3.8) is 0 Å². The monoisotopic (exact) mass is 243 g/mol. The lowest BCUT2D eigenvalue weighted by Crippen LogP contribution is -2.38. The minimum atomic E-state index is -0.464. The fraction of sp³-hybridized carbons (Fsp3) is 0.375. The molecule has 0 aliphatic heterocycles. The van der Waals surface area contributed by atoms with E-state index in [-0.39, 0.29) is 5.54 Å². The van der Waals surface area contributed by atoms with Crippen molar-refractivity contribution in [2.24, 2.45) is 0 Å². The third-order valence-electron chi connectivity index (χ3n) is 2.98. The van der Waals surface area contributed by atoms with Crippen LogP contribution in [0.25, 0.3) is 10.8 Å². The number of hydrogen-bond donors (Lipinski definition) is 2. The molecule has 96 valence electrons. The number of fused-ring (bicyclic) bond motifs is 1. The van der Waals surface area contributed by atoms with Gasteiger partial charge < -0.3 is 10.4 Å². The minimum absolute atomic E-state index is 0.0256. The molecule has 0 bridgehead atoms. The Morgan fingerprint density at radius 1 is 1.06 bits per heavy atom. The molecule has 1 unspecified atom stereocenters. The molecule has 0 spiro atoms. The molecule has 2 nitrogen and oxygen atoms in total. The maximum atomic E-state index is 10.2. The summed E-state index contributed by atoms with van der Waals surface area (Å²) in [6, 6.07) is 14.3. The zero-order valence-corrected chi connectivity index (χ0v) is 11.3. The minimum Gasteiger partial charge on any atom is -0.387 e. The van der Waals surface area contributed by atoms with Gasteiger partial charge in [0.25, 0.3) is 0 Å². The molecule has 0 amide bonds. The lowest BCUT2D eigenvalue weighted by Gasteiger charge is -2.23. The van der Waals surface area contributed by atoms with Crippen molar-refractivity contribution in [1.29, 1.82) is 0 Å². The van der Waals surface area contributed by atoms with Gasteiger partial charge >= 0.3 is 0 Å². The molecule has 0 aromatic heterocycles. The maximum absolute atomic E-state index is 10.2. The number of rotatable bonds is 3. The van der Waals surface area contributed by atoms with Gasteiger partial charge in [-0.15, -0.1) is 0 Å². The van der Waals surface area contributed by atoms with Crippen LogP contribution in [0.3, 0.4) is 0 Å². The quantitative estimate of drug-likeness (QED) is 0.867. The van der Waals surface area contributed by atoms with E-state index >= 15 is 0 Å². The largest absolute Gasteiger partial charge is 0.387 e. The number of β-amino-alcohol motifs (C(OH)–C–C–N with tert-alkyl or cyclic N) is 1. The van der Waals surface area contributed by atoms with Gasteiger partial charge in [-0.05, 0) is 43.2 Å². The molecule has 0 heterocycles. The highest BCUT2D eigenvalue weighted by molar-refractivity contribution is 5.83. The molecule has 0 saturated heterocycles. The third kappa shape index (κ3) is 3.31. The van der Waals surface area contributed by atoms with Crippen LogP contribution < -0.4 is 5.32 Å². The molecule has 2 aromatic rings. The first-order valence-electron chi connectivity index (χ1n) is 6.37. The van der Waals surface area contributed by atoms with Crippen LogP contribution >= 0.6 is 0 Å². The van der Waals surface area contributed by atoms with Gasteiger partial charge in [0.15, 0.2) is 0 Å². The average Bonchev–Trinajstić information content (AvgIpc) is 2.34. The summed E-state index contributed by atoms with van der Waals surface area (Å²) < 4.78 is 0. The standard InChI is InChI=1S/C16H21NO/c1-16(2,3)17-11-15(18)14-9-8-12-6-4-5-7-13(12)10-14/h4-10,15,17-18H,11H2,1-3H3. The van der Waals surface area contributed by atoms with E-state index in [0.29, 0.717) is 6.54 Å². The van der Waals surface area contributed by atoms with E-state index in [0.717, 1.165) is 5.56 Å². The molecule has 0 saturated carbocycles. The van der Waals surface area contributed by atoms with Crippen LogP contribution in [0.5, 0.6) is 0 Å². The lowest BCUT2D eigenvalue weighted by molar-refractivity contribution is 0.163. The number of benzene rings is 2. The normalized spacial score (nSPS) is 13.8. The zero-order valence-electron chi connectivity index (χ0n) is 11.3. The summed E-state index contributed by atoms with van der Waals surface area (Å²) in [5.74, 6) is 0. The van der Waals surface area contributed by atoms with Crippen molar-refractivity contribution in [2.75, 3.05) is 6.54 Å². The lowest BCUT2D eigenvalue weighted by atomic mass is 10.0. The highest BCUT2D eigenvalue weighted by Gasteiger charge is 2.13. The van der Waals surface area contributed by atoms with Crippen LogP contribution in [0.15, 0.2) is 42.5 Å². The van der Waals surface area contributed by atoms with Gasteiger partial charge in [0.05, 0.1) is 6.10 Å². The topological polar surface area (TPSA) is 32.3 Å². The number of hydrogen-bond acceptors (Lipinski definition) is 2.